The minimum atomic E-state index is -4.62. The first-order valence-electron chi connectivity index (χ1n) is 13.1. The summed E-state index contributed by atoms with van der Waals surface area (Å²) in [6, 6.07) is 10.7. The van der Waals surface area contributed by atoms with E-state index < -0.39 is 51.8 Å². The van der Waals surface area contributed by atoms with E-state index in [9.17, 15) is 31.2 Å². The Morgan fingerprint density at radius 1 is 1.07 bits per heavy atom. The Morgan fingerprint density at radius 3 is 2.35 bits per heavy atom. The number of rotatable bonds is 10. The molecule has 0 unspecified atom stereocenters. The summed E-state index contributed by atoms with van der Waals surface area (Å²) in [7, 11) is -0.399. The number of halogens is 3. The van der Waals surface area contributed by atoms with E-state index in [1.807, 2.05) is 7.05 Å². The maximum atomic E-state index is 13.2. The number of carbonyl (C=O) groups is 2. The summed E-state index contributed by atoms with van der Waals surface area (Å²) >= 11 is 0. The predicted molar refractivity (Wildman–Crippen MR) is 146 cm³/mol. The Labute approximate surface area is 233 Å². The first-order chi connectivity index (χ1) is 18.7. The lowest BCUT2D eigenvalue weighted by Crippen LogP contribution is -2.51. The van der Waals surface area contributed by atoms with Crippen molar-refractivity contribution in [2.75, 3.05) is 25.2 Å². The number of nitrogens with zero attached hydrogens (tertiary/aromatic N) is 1. The van der Waals surface area contributed by atoms with E-state index >= 15 is 0 Å². The number of carbonyl (C=O) groups excluding carboxylic acids is 2. The third kappa shape index (κ3) is 8.20. The van der Waals surface area contributed by atoms with Gasteiger partial charge in [-0.25, -0.2) is 8.42 Å². The first-order valence-corrected chi connectivity index (χ1v) is 14.7. The topological polar surface area (TPSA) is 105 Å². The monoisotopic (exact) mass is 583 g/mol. The summed E-state index contributed by atoms with van der Waals surface area (Å²) in [4.78, 5) is 27.8. The van der Waals surface area contributed by atoms with Gasteiger partial charge in [0.05, 0.1) is 29.0 Å². The second-order valence-corrected chi connectivity index (χ2v) is 12.4. The van der Waals surface area contributed by atoms with Gasteiger partial charge in [0.2, 0.25) is 11.8 Å². The SMILES string of the molecule is COc1ccc(C(F)(F)F)cc1NC(=O)CC(=O)N[C@H]1CC[C@H](N(C)C(C)C)C[C@@H]1CS(=O)(=O)c1ccccc1. The molecule has 1 saturated carbocycles. The van der Waals surface area contributed by atoms with Gasteiger partial charge in [-0.05, 0) is 76.4 Å². The van der Waals surface area contributed by atoms with Crippen LogP contribution >= 0.6 is 0 Å². The van der Waals surface area contributed by atoms with Gasteiger partial charge in [-0.1, -0.05) is 18.2 Å². The average molecular weight is 584 g/mol. The van der Waals surface area contributed by atoms with Crippen LogP contribution < -0.4 is 15.4 Å². The average Bonchev–Trinajstić information content (AvgIpc) is 2.88. The molecule has 220 valence electrons. The van der Waals surface area contributed by atoms with Crippen molar-refractivity contribution in [2.45, 2.75) is 68.7 Å². The molecule has 12 heteroatoms. The zero-order valence-corrected chi connectivity index (χ0v) is 23.8. The molecule has 3 atom stereocenters. The normalized spacial score (nSPS) is 19.9. The van der Waals surface area contributed by atoms with Crippen molar-refractivity contribution >= 4 is 27.3 Å². The van der Waals surface area contributed by atoms with Gasteiger partial charge in [-0.3, -0.25) is 9.59 Å². The van der Waals surface area contributed by atoms with Gasteiger partial charge in [-0.2, -0.15) is 13.2 Å². The van der Waals surface area contributed by atoms with Crippen LogP contribution in [0.3, 0.4) is 0 Å². The summed E-state index contributed by atoms with van der Waals surface area (Å²) in [5.41, 5.74) is -1.18. The van der Waals surface area contributed by atoms with Crippen LogP contribution in [0.15, 0.2) is 53.4 Å². The number of anilines is 1. The zero-order chi connectivity index (χ0) is 29.7. The summed E-state index contributed by atoms with van der Waals surface area (Å²) in [6.45, 7) is 4.11. The van der Waals surface area contributed by atoms with E-state index in [1.165, 1.54) is 19.2 Å². The number of amides is 2. The highest BCUT2D eigenvalue weighted by Crippen LogP contribution is 2.35. The van der Waals surface area contributed by atoms with Crippen molar-refractivity contribution in [3.63, 3.8) is 0 Å². The van der Waals surface area contributed by atoms with Gasteiger partial charge < -0.3 is 20.3 Å². The lowest BCUT2D eigenvalue weighted by Gasteiger charge is -2.41. The Balaban J connectivity index is 1.72. The number of methoxy groups -OCH3 is 1. The number of ether oxygens (including phenoxy) is 1. The van der Waals surface area contributed by atoms with Crippen LogP contribution in [0.4, 0.5) is 18.9 Å². The molecule has 1 aliphatic carbocycles. The van der Waals surface area contributed by atoms with Crippen LogP contribution in [0.25, 0.3) is 0 Å². The van der Waals surface area contributed by atoms with Gasteiger partial charge in [0.15, 0.2) is 9.84 Å². The molecule has 0 heterocycles. The van der Waals surface area contributed by atoms with E-state index in [4.69, 9.17) is 4.74 Å². The molecule has 2 aromatic rings. The molecule has 0 bridgehead atoms. The molecule has 0 radical (unpaired) electrons. The number of alkyl halides is 3. The number of nitrogens with one attached hydrogen (secondary N) is 2. The summed E-state index contributed by atoms with van der Waals surface area (Å²) in [5.74, 6) is -2.03. The van der Waals surface area contributed by atoms with Crippen LogP contribution in [-0.4, -0.2) is 63.2 Å². The van der Waals surface area contributed by atoms with Crippen molar-refractivity contribution in [3.8, 4) is 5.75 Å². The van der Waals surface area contributed by atoms with Gasteiger partial charge in [0, 0.05) is 18.1 Å². The molecule has 1 aliphatic rings. The van der Waals surface area contributed by atoms with Crippen molar-refractivity contribution < 1.29 is 35.9 Å². The quantitative estimate of drug-likeness (QED) is 0.399. The third-order valence-electron chi connectivity index (χ3n) is 7.35. The highest BCUT2D eigenvalue weighted by molar-refractivity contribution is 7.91. The van der Waals surface area contributed by atoms with Crippen LogP contribution in [-0.2, 0) is 25.6 Å². The molecule has 0 spiro atoms. The standard InChI is InChI=1S/C28H36F3N3O5S/c1-18(2)34(3)21-11-12-23(19(14-21)17-40(37,38)22-8-6-5-7-9-22)32-26(35)16-27(36)33-24-15-20(28(29,30)31)10-13-25(24)39-4/h5-10,13,15,18-19,21,23H,11-12,14,16-17H2,1-4H3,(H,32,35)(H,33,36)/t19-,21+,23+/m1/s1. The van der Waals surface area contributed by atoms with E-state index in [0.717, 1.165) is 24.6 Å². The van der Waals surface area contributed by atoms with Crippen LogP contribution in [0.5, 0.6) is 5.75 Å². The van der Waals surface area contributed by atoms with Crippen LogP contribution in [0.1, 0.15) is 45.1 Å². The molecule has 2 amide bonds. The minimum absolute atomic E-state index is 0.0144. The van der Waals surface area contributed by atoms with Gasteiger partial charge >= 0.3 is 6.18 Å². The van der Waals surface area contributed by atoms with Gasteiger partial charge in [0.1, 0.15) is 12.2 Å². The number of benzene rings is 2. The highest BCUT2D eigenvalue weighted by Gasteiger charge is 2.37. The molecule has 0 saturated heterocycles. The summed E-state index contributed by atoms with van der Waals surface area (Å²) < 4.78 is 70.8. The molecule has 40 heavy (non-hydrogen) atoms. The molecular weight excluding hydrogens is 547 g/mol. The maximum absolute atomic E-state index is 13.2. The smallest absolute Gasteiger partial charge is 0.416 e. The number of sulfone groups is 1. The lowest BCUT2D eigenvalue weighted by molar-refractivity contribution is -0.137. The lowest BCUT2D eigenvalue weighted by atomic mass is 9.81. The fourth-order valence-electron chi connectivity index (χ4n) is 4.99. The Kier molecular flexibility index (Phi) is 10.2. The fourth-order valence-corrected chi connectivity index (χ4v) is 6.69. The third-order valence-corrected chi connectivity index (χ3v) is 9.21. The highest BCUT2D eigenvalue weighted by atomic mass is 32.2. The summed E-state index contributed by atoms with van der Waals surface area (Å²) in [5, 5.41) is 5.14. The number of hydrogen-bond donors (Lipinski definition) is 2. The molecule has 3 rings (SSSR count). The Hall–Kier alpha value is -3.12. The Bertz CT molecular complexity index is 1290. The molecule has 1 fully saturated rings. The molecule has 2 N–H and O–H groups in total. The molecule has 0 aliphatic heterocycles. The van der Waals surface area contributed by atoms with Crippen molar-refractivity contribution in [1.29, 1.82) is 0 Å². The largest absolute Gasteiger partial charge is 0.495 e. The number of hydrogen-bond acceptors (Lipinski definition) is 6. The van der Waals surface area contributed by atoms with E-state index in [-0.39, 0.29) is 34.2 Å². The van der Waals surface area contributed by atoms with E-state index in [2.05, 4.69) is 29.4 Å². The fraction of sp³-hybridized carbons (Fsp3) is 0.500. The van der Waals surface area contributed by atoms with E-state index in [0.29, 0.717) is 12.8 Å². The molecule has 2 aromatic carbocycles. The van der Waals surface area contributed by atoms with Gasteiger partial charge in [0.25, 0.3) is 0 Å². The molecule has 0 aromatic heterocycles. The predicted octanol–water partition coefficient (Wildman–Crippen LogP) is 4.51. The van der Waals surface area contributed by atoms with E-state index in [1.54, 1.807) is 18.2 Å². The maximum Gasteiger partial charge on any atom is 0.416 e. The van der Waals surface area contributed by atoms with Crippen molar-refractivity contribution in [1.82, 2.24) is 10.2 Å². The van der Waals surface area contributed by atoms with Crippen molar-refractivity contribution in [3.05, 3.63) is 54.1 Å². The second-order valence-electron chi connectivity index (χ2n) is 10.4. The van der Waals surface area contributed by atoms with Gasteiger partial charge in [-0.15, -0.1) is 0 Å². The molecule has 8 nitrogen and oxygen atoms in total. The van der Waals surface area contributed by atoms with Crippen LogP contribution in [0.2, 0.25) is 0 Å². The minimum Gasteiger partial charge on any atom is -0.495 e. The summed E-state index contributed by atoms with van der Waals surface area (Å²) in [6.07, 6.45) is -3.48. The Morgan fingerprint density at radius 2 is 1.75 bits per heavy atom. The van der Waals surface area contributed by atoms with Crippen molar-refractivity contribution in [2.24, 2.45) is 5.92 Å². The molecular formula is C28H36F3N3O5S. The first kappa shape index (κ1) is 31.4. The van der Waals surface area contributed by atoms with Crippen LogP contribution in [0, 0.1) is 5.92 Å². The second kappa shape index (κ2) is 13.0. The zero-order valence-electron chi connectivity index (χ0n) is 23.0.